The molecule has 4 nitrogen and oxygen atoms in total. The Morgan fingerprint density at radius 3 is 2.60 bits per heavy atom. The molecule has 1 unspecified atom stereocenters. The van der Waals surface area contributed by atoms with Crippen LogP contribution in [0.5, 0.6) is 0 Å². The molecule has 0 amide bonds. The Kier molecular flexibility index (Phi) is 5.98. The van der Waals surface area contributed by atoms with E-state index in [0.717, 1.165) is 0 Å². The third kappa shape index (κ3) is 4.54. The topological polar surface area (TPSA) is 60.2 Å². The molecular formula is C15H21FN4. The SMILES string of the molecule is CN=C(NCc1ccc(C#N)cc1F)NC(C)C(C)C. The highest BCUT2D eigenvalue weighted by Crippen LogP contribution is 2.09. The van der Waals surface area contributed by atoms with Crippen LogP contribution in [0.2, 0.25) is 0 Å². The Hall–Kier alpha value is -2.09. The summed E-state index contributed by atoms with van der Waals surface area (Å²) >= 11 is 0. The Morgan fingerprint density at radius 1 is 1.40 bits per heavy atom. The van der Waals surface area contributed by atoms with E-state index in [9.17, 15) is 4.39 Å². The molecule has 0 spiro atoms. The molecule has 0 saturated heterocycles. The van der Waals surface area contributed by atoms with Gasteiger partial charge in [0.15, 0.2) is 5.96 Å². The van der Waals surface area contributed by atoms with Crippen LogP contribution in [-0.4, -0.2) is 19.0 Å². The third-order valence-electron chi connectivity index (χ3n) is 3.22. The molecule has 0 aliphatic carbocycles. The molecule has 1 aromatic rings. The summed E-state index contributed by atoms with van der Waals surface area (Å²) in [6, 6.07) is 6.64. The van der Waals surface area contributed by atoms with E-state index in [1.165, 1.54) is 6.07 Å². The summed E-state index contributed by atoms with van der Waals surface area (Å²) < 4.78 is 13.7. The van der Waals surface area contributed by atoms with Gasteiger partial charge in [-0.3, -0.25) is 4.99 Å². The van der Waals surface area contributed by atoms with Gasteiger partial charge in [-0.2, -0.15) is 5.26 Å². The average molecular weight is 276 g/mol. The predicted octanol–water partition coefficient (Wildman–Crippen LogP) is 2.41. The first-order valence-corrected chi connectivity index (χ1v) is 6.63. The molecule has 0 radical (unpaired) electrons. The summed E-state index contributed by atoms with van der Waals surface area (Å²) in [4.78, 5) is 4.11. The van der Waals surface area contributed by atoms with Gasteiger partial charge in [0.2, 0.25) is 0 Å². The zero-order valence-electron chi connectivity index (χ0n) is 12.4. The Labute approximate surface area is 119 Å². The number of rotatable bonds is 4. The quantitative estimate of drug-likeness (QED) is 0.656. The fourth-order valence-electron chi connectivity index (χ4n) is 1.52. The number of hydrogen-bond acceptors (Lipinski definition) is 2. The fraction of sp³-hybridized carbons (Fsp3) is 0.467. The van der Waals surface area contributed by atoms with E-state index in [2.05, 4.69) is 36.4 Å². The molecule has 0 saturated carbocycles. The van der Waals surface area contributed by atoms with Crippen molar-refractivity contribution in [2.24, 2.45) is 10.9 Å². The molecule has 0 fully saturated rings. The van der Waals surface area contributed by atoms with Crippen molar-refractivity contribution in [2.75, 3.05) is 7.05 Å². The van der Waals surface area contributed by atoms with Gasteiger partial charge in [0.05, 0.1) is 11.6 Å². The van der Waals surface area contributed by atoms with E-state index < -0.39 is 0 Å². The van der Waals surface area contributed by atoms with Crippen molar-refractivity contribution in [3.8, 4) is 6.07 Å². The Morgan fingerprint density at radius 2 is 2.10 bits per heavy atom. The van der Waals surface area contributed by atoms with Gasteiger partial charge in [-0.1, -0.05) is 19.9 Å². The van der Waals surface area contributed by atoms with Gasteiger partial charge in [-0.25, -0.2) is 4.39 Å². The van der Waals surface area contributed by atoms with Crippen LogP contribution < -0.4 is 10.6 Å². The number of hydrogen-bond donors (Lipinski definition) is 2. The van der Waals surface area contributed by atoms with Crippen LogP contribution in [-0.2, 0) is 6.54 Å². The maximum Gasteiger partial charge on any atom is 0.191 e. The highest BCUT2D eigenvalue weighted by Gasteiger charge is 2.09. The van der Waals surface area contributed by atoms with Crippen molar-refractivity contribution in [3.05, 3.63) is 35.1 Å². The minimum atomic E-state index is -0.385. The summed E-state index contributed by atoms with van der Waals surface area (Å²) in [6.45, 7) is 6.62. The smallest absolute Gasteiger partial charge is 0.191 e. The second-order valence-corrected chi connectivity index (χ2v) is 5.02. The van der Waals surface area contributed by atoms with Gasteiger partial charge < -0.3 is 10.6 Å². The molecule has 0 aliphatic heterocycles. The maximum absolute atomic E-state index is 13.7. The summed E-state index contributed by atoms with van der Waals surface area (Å²) in [5.41, 5.74) is 0.825. The molecular weight excluding hydrogens is 255 g/mol. The van der Waals surface area contributed by atoms with Crippen molar-refractivity contribution in [1.29, 1.82) is 5.26 Å². The highest BCUT2D eigenvalue weighted by molar-refractivity contribution is 5.79. The first kappa shape index (κ1) is 16.0. The second kappa shape index (κ2) is 7.49. The number of nitrogens with one attached hydrogen (secondary N) is 2. The summed E-state index contributed by atoms with van der Waals surface area (Å²) in [7, 11) is 1.68. The Balaban J connectivity index is 2.64. The van der Waals surface area contributed by atoms with E-state index in [4.69, 9.17) is 5.26 Å². The lowest BCUT2D eigenvalue weighted by atomic mass is 10.1. The second-order valence-electron chi connectivity index (χ2n) is 5.02. The van der Waals surface area contributed by atoms with Crippen molar-refractivity contribution >= 4 is 5.96 Å². The molecule has 0 heterocycles. The molecule has 5 heteroatoms. The minimum absolute atomic E-state index is 0.270. The zero-order valence-corrected chi connectivity index (χ0v) is 12.4. The monoisotopic (exact) mass is 276 g/mol. The first-order chi connectivity index (χ1) is 9.47. The van der Waals surface area contributed by atoms with Gasteiger partial charge in [0.1, 0.15) is 5.82 Å². The predicted molar refractivity (Wildman–Crippen MR) is 78.7 cm³/mol. The third-order valence-corrected chi connectivity index (χ3v) is 3.22. The van der Waals surface area contributed by atoms with Gasteiger partial charge in [-0.15, -0.1) is 0 Å². The molecule has 1 aromatic carbocycles. The number of benzene rings is 1. The molecule has 0 bridgehead atoms. The molecule has 2 N–H and O–H groups in total. The maximum atomic E-state index is 13.7. The molecule has 1 atom stereocenters. The van der Waals surface area contributed by atoms with E-state index in [-0.39, 0.29) is 11.9 Å². The number of nitrogens with zero attached hydrogens (tertiary/aromatic N) is 2. The fourth-order valence-corrected chi connectivity index (χ4v) is 1.52. The number of guanidine groups is 1. The van der Waals surface area contributed by atoms with Crippen molar-refractivity contribution in [2.45, 2.75) is 33.4 Å². The molecule has 108 valence electrons. The summed E-state index contributed by atoms with van der Waals surface area (Å²) in [5, 5.41) is 15.0. The summed E-state index contributed by atoms with van der Waals surface area (Å²) in [6.07, 6.45) is 0. The van der Waals surface area contributed by atoms with Crippen LogP contribution in [0.25, 0.3) is 0 Å². The molecule has 20 heavy (non-hydrogen) atoms. The molecule has 0 aliphatic rings. The Bertz CT molecular complexity index is 517. The van der Waals surface area contributed by atoms with Crippen LogP contribution in [0.3, 0.4) is 0 Å². The van der Waals surface area contributed by atoms with E-state index in [0.29, 0.717) is 29.5 Å². The van der Waals surface area contributed by atoms with Crippen LogP contribution in [0.1, 0.15) is 31.9 Å². The number of aliphatic imine (C=N–C) groups is 1. The van der Waals surface area contributed by atoms with E-state index >= 15 is 0 Å². The van der Waals surface area contributed by atoms with Crippen LogP contribution in [0, 0.1) is 23.1 Å². The largest absolute Gasteiger partial charge is 0.354 e. The average Bonchev–Trinajstić information content (AvgIpc) is 2.43. The van der Waals surface area contributed by atoms with Crippen molar-refractivity contribution in [3.63, 3.8) is 0 Å². The normalized spacial score (nSPS) is 12.9. The zero-order chi connectivity index (χ0) is 15.1. The first-order valence-electron chi connectivity index (χ1n) is 6.63. The van der Waals surface area contributed by atoms with Gasteiger partial charge in [0.25, 0.3) is 0 Å². The van der Waals surface area contributed by atoms with Gasteiger partial charge in [0, 0.05) is 25.2 Å². The lowest BCUT2D eigenvalue weighted by Crippen LogP contribution is -2.43. The molecule has 0 aromatic heterocycles. The van der Waals surface area contributed by atoms with Gasteiger partial charge in [-0.05, 0) is 25.0 Å². The number of halogens is 1. The number of nitriles is 1. The molecule has 1 rings (SSSR count). The minimum Gasteiger partial charge on any atom is -0.354 e. The van der Waals surface area contributed by atoms with Crippen LogP contribution in [0.4, 0.5) is 4.39 Å². The highest BCUT2D eigenvalue weighted by atomic mass is 19.1. The van der Waals surface area contributed by atoms with Crippen LogP contribution >= 0.6 is 0 Å². The standard InChI is InChI=1S/C15H21FN4/c1-10(2)11(3)20-15(18-4)19-9-13-6-5-12(8-17)7-14(13)16/h5-7,10-11H,9H2,1-4H3,(H2,18,19,20). The van der Waals surface area contributed by atoms with Gasteiger partial charge >= 0.3 is 0 Å². The lowest BCUT2D eigenvalue weighted by Gasteiger charge is -2.20. The summed E-state index contributed by atoms with van der Waals surface area (Å²) in [5.74, 6) is 0.721. The van der Waals surface area contributed by atoms with E-state index in [1.807, 2.05) is 6.07 Å². The van der Waals surface area contributed by atoms with Crippen molar-refractivity contribution < 1.29 is 4.39 Å². The van der Waals surface area contributed by atoms with E-state index in [1.54, 1.807) is 19.2 Å². The lowest BCUT2D eigenvalue weighted by molar-refractivity contribution is 0.480. The van der Waals surface area contributed by atoms with Crippen LogP contribution in [0.15, 0.2) is 23.2 Å². The van der Waals surface area contributed by atoms with Crippen molar-refractivity contribution in [1.82, 2.24) is 10.6 Å².